The third kappa shape index (κ3) is 4.78. The van der Waals surface area contributed by atoms with Crippen LogP contribution in [0.2, 0.25) is 0 Å². The minimum atomic E-state index is -3.72. The zero-order valence-corrected chi connectivity index (χ0v) is 16.7. The number of phenolic OH excluding ortho intramolecular Hbond substituents is 1. The quantitative estimate of drug-likeness (QED) is 0.495. The number of rotatable bonds is 5. The Morgan fingerprint density at radius 2 is 1.56 bits per heavy atom. The highest BCUT2D eigenvalue weighted by Crippen LogP contribution is 2.35. The summed E-state index contributed by atoms with van der Waals surface area (Å²) in [6.07, 6.45) is 0. The van der Waals surface area contributed by atoms with Crippen molar-refractivity contribution in [1.82, 2.24) is 9.97 Å². The van der Waals surface area contributed by atoms with Gasteiger partial charge in [-0.1, -0.05) is 17.7 Å². The van der Waals surface area contributed by atoms with E-state index in [1.807, 2.05) is 26.8 Å². The number of aryl methyl sites for hydroxylation is 3. The van der Waals surface area contributed by atoms with Crippen molar-refractivity contribution in [1.29, 1.82) is 0 Å². The number of aromatic nitrogens is 2. The molecule has 0 aliphatic rings. The molecule has 0 bridgehead atoms. The van der Waals surface area contributed by atoms with Crippen LogP contribution in [0.4, 0.5) is 5.69 Å². The lowest BCUT2D eigenvalue weighted by Crippen LogP contribution is -2.12. The Labute approximate surface area is 162 Å². The summed E-state index contributed by atoms with van der Waals surface area (Å²) in [7, 11) is -3.72. The lowest BCUT2D eigenvalue weighted by atomic mass is 10.2. The Morgan fingerprint density at radius 3 is 2.19 bits per heavy atom. The standard InChI is InChI=1S/C19H19N3O3S2/c1-12-4-7-16(8-5-12)27(24,25)22-15-6-9-17(23)18(11-15)26-19-20-13(2)10-14(3)21-19/h4-11,22-23H,1-3H3. The molecule has 1 aromatic heterocycles. The number of hydrogen-bond donors (Lipinski definition) is 2. The summed E-state index contributed by atoms with van der Waals surface area (Å²) in [5.41, 5.74) is 2.97. The number of nitrogens with one attached hydrogen (secondary N) is 1. The van der Waals surface area contributed by atoms with E-state index in [4.69, 9.17) is 0 Å². The summed E-state index contributed by atoms with van der Waals surface area (Å²) in [5, 5.41) is 10.6. The molecule has 0 radical (unpaired) electrons. The molecule has 8 heteroatoms. The first-order valence-electron chi connectivity index (χ1n) is 8.15. The van der Waals surface area contributed by atoms with Gasteiger partial charge in [0.1, 0.15) is 5.75 Å². The van der Waals surface area contributed by atoms with E-state index in [0.29, 0.717) is 15.7 Å². The van der Waals surface area contributed by atoms with E-state index in [2.05, 4.69) is 14.7 Å². The van der Waals surface area contributed by atoms with Crippen LogP contribution >= 0.6 is 11.8 Å². The molecule has 0 amide bonds. The summed E-state index contributed by atoms with van der Waals surface area (Å²) in [6.45, 7) is 5.62. The molecular weight excluding hydrogens is 382 g/mol. The van der Waals surface area contributed by atoms with E-state index in [1.54, 1.807) is 30.3 Å². The normalized spacial score (nSPS) is 11.4. The number of nitrogens with zero attached hydrogens (tertiary/aromatic N) is 2. The van der Waals surface area contributed by atoms with Gasteiger partial charge in [0.15, 0.2) is 5.16 Å². The Hall–Kier alpha value is -2.58. The summed E-state index contributed by atoms with van der Waals surface area (Å²) in [6, 6.07) is 13.0. The van der Waals surface area contributed by atoms with Gasteiger partial charge in [0, 0.05) is 11.4 Å². The molecular formula is C19H19N3O3S2. The summed E-state index contributed by atoms with van der Waals surface area (Å²) >= 11 is 1.17. The Morgan fingerprint density at radius 1 is 0.926 bits per heavy atom. The number of anilines is 1. The molecule has 0 spiro atoms. The topological polar surface area (TPSA) is 92.2 Å². The predicted molar refractivity (Wildman–Crippen MR) is 106 cm³/mol. The minimum absolute atomic E-state index is 0.0287. The maximum absolute atomic E-state index is 12.6. The van der Waals surface area contributed by atoms with Crippen LogP contribution in [0.5, 0.6) is 5.75 Å². The first kappa shape index (κ1) is 19.2. The average Bonchev–Trinajstić information content (AvgIpc) is 2.57. The number of phenols is 1. The SMILES string of the molecule is Cc1ccc(S(=O)(=O)Nc2ccc(O)c(Sc3nc(C)cc(C)n3)c2)cc1. The van der Waals surface area contributed by atoms with Crippen molar-refractivity contribution in [2.45, 2.75) is 35.7 Å². The van der Waals surface area contributed by atoms with E-state index in [1.165, 1.54) is 23.9 Å². The smallest absolute Gasteiger partial charge is 0.261 e. The molecule has 2 N–H and O–H groups in total. The van der Waals surface area contributed by atoms with Crippen molar-refractivity contribution in [3.63, 3.8) is 0 Å². The molecule has 0 saturated heterocycles. The molecule has 0 atom stereocenters. The number of sulfonamides is 1. The molecule has 3 rings (SSSR count). The van der Waals surface area contributed by atoms with Gasteiger partial charge < -0.3 is 5.11 Å². The second-order valence-electron chi connectivity index (χ2n) is 6.14. The third-order valence-corrected chi connectivity index (χ3v) is 6.02. The van der Waals surface area contributed by atoms with Gasteiger partial charge in [0.2, 0.25) is 0 Å². The van der Waals surface area contributed by atoms with E-state index in [-0.39, 0.29) is 10.6 Å². The van der Waals surface area contributed by atoms with Gasteiger partial charge in [-0.3, -0.25) is 4.72 Å². The van der Waals surface area contributed by atoms with E-state index < -0.39 is 10.0 Å². The molecule has 1 heterocycles. The molecule has 0 saturated carbocycles. The highest BCUT2D eigenvalue weighted by atomic mass is 32.2. The lowest BCUT2D eigenvalue weighted by molar-refractivity contribution is 0.462. The van der Waals surface area contributed by atoms with Gasteiger partial charge in [-0.25, -0.2) is 18.4 Å². The second kappa shape index (κ2) is 7.58. The van der Waals surface area contributed by atoms with E-state index in [9.17, 15) is 13.5 Å². The van der Waals surface area contributed by atoms with Crippen molar-refractivity contribution >= 4 is 27.5 Å². The molecule has 2 aromatic carbocycles. The van der Waals surface area contributed by atoms with Crippen molar-refractivity contribution in [3.8, 4) is 5.75 Å². The number of hydrogen-bond acceptors (Lipinski definition) is 6. The van der Waals surface area contributed by atoms with Gasteiger partial charge in [-0.2, -0.15) is 0 Å². The van der Waals surface area contributed by atoms with Gasteiger partial charge in [-0.15, -0.1) is 0 Å². The van der Waals surface area contributed by atoms with Crippen LogP contribution in [-0.2, 0) is 10.0 Å². The largest absolute Gasteiger partial charge is 0.507 e. The molecule has 3 aromatic rings. The molecule has 0 fully saturated rings. The maximum atomic E-state index is 12.6. The molecule has 0 unspecified atom stereocenters. The fourth-order valence-corrected chi connectivity index (χ4v) is 4.41. The van der Waals surface area contributed by atoms with Crippen LogP contribution < -0.4 is 4.72 Å². The lowest BCUT2D eigenvalue weighted by Gasteiger charge is -2.11. The Kier molecular flexibility index (Phi) is 5.38. The van der Waals surface area contributed by atoms with Crippen molar-refractivity contribution < 1.29 is 13.5 Å². The van der Waals surface area contributed by atoms with Crippen molar-refractivity contribution in [2.75, 3.05) is 4.72 Å². The Balaban J connectivity index is 1.87. The fourth-order valence-electron chi connectivity index (χ4n) is 2.43. The van der Waals surface area contributed by atoms with Crippen LogP contribution in [0.3, 0.4) is 0 Å². The predicted octanol–water partition coefficient (Wildman–Crippen LogP) is 4.06. The molecule has 0 aliphatic heterocycles. The first-order chi connectivity index (χ1) is 12.7. The first-order valence-corrected chi connectivity index (χ1v) is 10.5. The highest BCUT2D eigenvalue weighted by Gasteiger charge is 2.15. The van der Waals surface area contributed by atoms with Crippen LogP contribution in [0, 0.1) is 20.8 Å². The fraction of sp³-hybridized carbons (Fsp3) is 0.158. The number of benzene rings is 2. The molecule has 6 nitrogen and oxygen atoms in total. The van der Waals surface area contributed by atoms with Crippen LogP contribution in [-0.4, -0.2) is 23.5 Å². The van der Waals surface area contributed by atoms with E-state index >= 15 is 0 Å². The van der Waals surface area contributed by atoms with Crippen LogP contribution in [0.1, 0.15) is 17.0 Å². The summed E-state index contributed by atoms with van der Waals surface area (Å²) < 4.78 is 27.6. The molecule has 140 valence electrons. The second-order valence-corrected chi connectivity index (χ2v) is 8.83. The zero-order chi connectivity index (χ0) is 19.6. The van der Waals surface area contributed by atoms with Crippen LogP contribution in [0.15, 0.2) is 63.5 Å². The molecule has 0 aliphatic carbocycles. The highest BCUT2D eigenvalue weighted by molar-refractivity contribution is 7.99. The van der Waals surface area contributed by atoms with Gasteiger partial charge in [-0.05, 0) is 68.9 Å². The van der Waals surface area contributed by atoms with E-state index in [0.717, 1.165) is 17.0 Å². The van der Waals surface area contributed by atoms with Crippen molar-refractivity contribution in [2.24, 2.45) is 0 Å². The third-order valence-electron chi connectivity index (χ3n) is 3.71. The van der Waals surface area contributed by atoms with Crippen molar-refractivity contribution in [3.05, 3.63) is 65.5 Å². The molecule has 27 heavy (non-hydrogen) atoms. The summed E-state index contributed by atoms with van der Waals surface area (Å²) in [4.78, 5) is 9.30. The number of aromatic hydroxyl groups is 1. The maximum Gasteiger partial charge on any atom is 0.261 e. The minimum Gasteiger partial charge on any atom is -0.507 e. The van der Waals surface area contributed by atoms with Gasteiger partial charge >= 0.3 is 0 Å². The van der Waals surface area contributed by atoms with Gasteiger partial charge in [0.05, 0.1) is 15.5 Å². The average molecular weight is 402 g/mol. The monoisotopic (exact) mass is 401 g/mol. The van der Waals surface area contributed by atoms with Gasteiger partial charge in [0.25, 0.3) is 10.0 Å². The summed E-state index contributed by atoms with van der Waals surface area (Å²) in [5.74, 6) is 0.0287. The van der Waals surface area contributed by atoms with Crippen LogP contribution in [0.25, 0.3) is 0 Å². The Bertz CT molecular complexity index is 1060. The zero-order valence-electron chi connectivity index (χ0n) is 15.1.